The molecule has 0 aliphatic carbocycles. The fraction of sp³-hybridized carbons (Fsp3) is 1.00. The Morgan fingerprint density at radius 1 is 1.21 bits per heavy atom. The van der Waals surface area contributed by atoms with Crippen molar-refractivity contribution in [2.24, 2.45) is 0 Å². The molecule has 0 aromatic heterocycles. The summed E-state index contributed by atoms with van der Waals surface area (Å²) in [7, 11) is 0. The van der Waals surface area contributed by atoms with Crippen molar-refractivity contribution in [1.82, 2.24) is 5.01 Å². The number of rotatable bonds is 2. The second-order valence-electron chi connectivity index (χ2n) is 2.19. The van der Waals surface area contributed by atoms with E-state index in [-0.39, 0.29) is 13.0 Å². The van der Waals surface area contributed by atoms with Gasteiger partial charge in [-0.05, 0) is 0 Å². The summed E-state index contributed by atoms with van der Waals surface area (Å²) >= 11 is 0. The van der Waals surface area contributed by atoms with Crippen molar-refractivity contribution in [2.45, 2.75) is 12.6 Å². The average molecular weight is 210 g/mol. The van der Waals surface area contributed by atoms with E-state index in [1.807, 2.05) is 0 Å². The van der Waals surface area contributed by atoms with Crippen LogP contribution in [0.15, 0.2) is 0 Å². The average Bonchev–Trinajstić information content (AvgIpc) is 1.77. The van der Waals surface area contributed by atoms with Gasteiger partial charge >= 0.3 is 6.17 Å². The van der Waals surface area contributed by atoms with E-state index >= 15 is 0 Å². The Bertz CT molecular complexity index is 229. The zero-order valence-electron chi connectivity index (χ0n) is 6.68. The van der Waals surface area contributed by atoms with Crippen LogP contribution in [0.2, 0.25) is 0 Å². The Morgan fingerprint density at radius 2 is 1.64 bits per heavy atom. The number of hydrogen-bond acceptors (Lipinski definition) is 6. The normalized spacial score (nSPS) is 18.6. The lowest BCUT2D eigenvalue weighted by atomic mass is 10.2. The minimum absolute atomic E-state index is 0.179. The Labute approximate surface area is 75.9 Å². The van der Waals surface area contributed by atoms with Gasteiger partial charge in [0.15, 0.2) is 5.03 Å². The van der Waals surface area contributed by atoms with Crippen molar-refractivity contribution in [3.8, 4) is 0 Å². The maximum absolute atomic E-state index is 9.96. The van der Waals surface area contributed by atoms with Crippen LogP contribution in [0.3, 0.4) is 0 Å². The number of nitrogens with zero attached hydrogens (tertiary/aromatic N) is 4. The van der Waals surface area contributed by atoms with Crippen molar-refractivity contribution in [1.29, 1.82) is 0 Å². The molecule has 1 atom stereocenters. The summed E-state index contributed by atoms with van der Waals surface area (Å²) in [6, 6.07) is 0. The predicted molar refractivity (Wildman–Crippen MR) is 37.9 cm³/mol. The number of hydrazine groups is 1. The van der Waals surface area contributed by atoms with Crippen LogP contribution in [0.25, 0.3) is 0 Å². The fourth-order valence-corrected chi connectivity index (χ4v) is 0.765. The van der Waals surface area contributed by atoms with E-state index in [4.69, 9.17) is 15.3 Å². The maximum Gasteiger partial charge on any atom is 0.338 e. The molecule has 0 spiro atoms. The molecule has 80 valence electrons. The highest BCUT2D eigenvalue weighted by molar-refractivity contribution is 4.65. The monoisotopic (exact) mass is 210 g/mol. The highest BCUT2D eigenvalue weighted by atomic mass is 16.9. The van der Waals surface area contributed by atoms with Gasteiger partial charge in [-0.2, -0.15) is 0 Å². The molecule has 11 heteroatoms. The van der Waals surface area contributed by atoms with Crippen molar-refractivity contribution in [3.63, 3.8) is 0 Å². The molecule has 1 rings (SSSR count). The van der Waals surface area contributed by atoms with Gasteiger partial charge in [0.25, 0.3) is 5.09 Å². The molecule has 0 radical (unpaired) electrons. The van der Waals surface area contributed by atoms with Gasteiger partial charge in [-0.3, -0.25) is 10.1 Å². The largest absolute Gasteiger partial charge is 0.338 e. The minimum Gasteiger partial charge on any atom is -0.328 e. The second-order valence-corrected chi connectivity index (χ2v) is 2.19. The van der Waals surface area contributed by atoms with E-state index in [2.05, 4.69) is 0 Å². The van der Waals surface area contributed by atoms with E-state index < -0.39 is 21.2 Å². The van der Waals surface area contributed by atoms with Gasteiger partial charge in [0.05, 0.1) is 17.9 Å². The first-order valence-electron chi connectivity index (χ1n) is 3.24. The Hall–Kier alpha value is -2.20. The summed E-state index contributed by atoms with van der Waals surface area (Å²) in [5.74, 6) is 0. The summed E-state index contributed by atoms with van der Waals surface area (Å²) in [6.45, 7) is 0.179. The lowest BCUT2D eigenvalue weighted by molar-refractivity contribution is -0.754. The molecule has 1 heterocycles. The van der Waals surface area contributed by atoms with Gasteiger partial charge in [0, 0.05) is 0 Å². The maximum atomic E-state index is 9.96. The summed E-state index contributed by atoms with van der Waals surface area (Å²) < 4.78 is 0. The third kappa shape index (κ3) is 3.46. The first-order chi connectivity index (χ1) is 6.36. The van der Waals surface area contributed by atoms with Gasteiger partial charge in [-0.15, -0.1) is 10.1 Å². The molecule has 11 nitrogen and oxygen atoms in total. The first-order valence-corrected chi connectivity index (χ1v) is 3.24. The Morgan fingerprint density at radius 3 is 1.71 bits per heavy atom. The van der Waals surface area contributed by atoms with Crippen LogP contribution >= 0.6 is 0 Å². The molecule has 1 saturated heterocycles. The van der Waals surface area contributed by atoms with Crippen molar-refractivity contribution >= 4 is 0 Å². The van der Waals surface area contributed by atoms with Crippen molar-refractivity contribution < 1.29 is 20.2 Å². The van der Waals surface area contributed by atoms with Crippen LogP contribution in [-0.4, -0.2) is 38.0 Å². The molecule has 0 saturated carbocycles. The molecule has 0 aromatic carbocycles. The smallest absolute Gasteiger partial charge is 0.328 e. The SMILES string of the molecule is O=[N+]([O-])C1CCN1[N+](=O)[O-].O=[N+]([O-])O. The topological polar surface area (TPSA) is 153 Å². The summed E-state index contributed by atoms with van der Waals surface area (Å²) in [5.41, 5.74) is 0. The third-order valence-electron chi connectivity index (χ3n) is 1.41. The zero-order valence-corrected chi connectivity index (χ0v) is 6.68. The third-order valence-corrected chi connectivity index (χ3v) is 1.41. The molecule has 1 aliphatic rings. The van der Waals surface area contributed by atoms with Gasteiger partial charge in [0.1, 0.15) is 0 Å². The Kier molecular flexibility index (Phi) is 3.99. The molecule has 0 aromatic rings. The molecule has 1 fully saturated rings. The van der Waals surface area contributed by atoms with Crippen LogP contribution in [0, 0.1) is 30.3 Å². The molecular formula is C3H6N4O7. The van der Waals surface area contributed by atoms with Gasteiger partial charge < -0.3 is 5.21 Å². The molecule has 14 heavy (non-hydrogen) atoms. The molecule has 1 aliphatic heterocycles. The van der Waals surface area contributed by atoms with E-state index in [0.717, 1.165) is 0 Å². The molecule has 0 amide bonds. The van der Waals surface area contributed by atoms with Crippen molar-refractivity contribution in [3.05, 3.63) is 30.3 Å². The minimum atomic E-state index is -1.50. The predicted octanol–water partition coefficient (Wildman–Crippen LogP) is -0.861. The Balaban J connectivity index is 0.000000364. The summed E-state index contributed by atoms with van der Waals surface area (Å²) in [5, 5.41) is 33.4. The highest BCUT2D eigenvalue weighted by Crippen LogP contribution is 2.16. The summed E-state index contributed by atoms with van der Waals surface area (Å²) in [4.78, 5) is 27.6. The van der Waals surface area contributed by atoms with E-state index in [1.54, 1.807) is 0 Å². The molecular weight excluding hydrogens is 204 g/mol. The zero-order chi connectivity index (χ0) is 11.3. The molecule has 1 unspecified atom stereocenters. The van der Waals surface area contributed by atoms with Gasteiger partial charge in [-0.25, -0.2) is 10.1 Å². The lowest BCUT2D eigenvalue weighted by Gasteiger charge is -2.25. The van der Waals surface area contributed by atoms with Crippen molar-refractivity contribution in [2.75, 3.05) is 6.54 Å². The highest BCUT2D eigenvalue weighted by Gasteiger charge is 2.45. The van der Waals surface area contributed by atoms with Gasteiger partial charge in [-0.1, -0.05) is 5.01 Å². The standard InChI is InChI=1S/C3H5N3O4.HNO3/c7-5(8)3-1-2-4(3)6(9)10;2-1(3)4/h3H,1-2H2;(H,2,3,4). The van der Waals surface area contributed by atoms with Gasteiger partial charge in [0.2, 0.25) is 0 Å². The first kappa shape index (κ1) is 11.8. The van der Waals surface area contributed by atoms with E-state index in [9.17, 15) is 20.2 Å². The number of nitro groups is 2. The van der Waals surface area contributed by atoms with Crippen LogP contribution in [0.1, 0.15) is 6.42 Å². The van der Waals surface area contributed by atoms with E-state index in [1.165, 1.54) is 0 Å². The van der Waals surface area contributed by atoms with E-state index in [0.29, 0.717) is 5.01 Å². The molecule has 1 N–H and O–H groups in total. The van der Waals surface area contributed by atoms with Crippen LogP contribution in [-0.2, 0) is 0 Å². The van der Waals surface area contributed by atoms with Crippen LogP contribution in [0.4, 0.5) is 0 Å². The van der Waals surface area contributed by atoms with Crippen LogP contribution in [0.5, 0.6) is 0 Å². The lowest BCUT2D eigenvalue weighted by Crippen LogP contribution is -2.54. The quantitative estimate of drug-likeness (QED) is 0.456. The van der Waals surface area contributed by atoms with Crippen LogP contribution < -0.4 is 0 Å². The summed E-state index contributed by atoms with van der Waals surface area (Å²) in [6.07, 6.45) is -0.830. The fourth-order valence-electron chi connectivity index (χ4n) is 0.765. The second kappa shape index (κ2) is 4.74. The molecule has 0 bridgehead atoms. The number of hydrogen-bond donors (Lipinski definition) is 1.